The van der Waals surface area contributed by atoms with Gasteiger partial charge in [-0.3, -0.25) is 0 Å². The first-order valence-corrected chi connectivity index (χ1v) is 10.5. The van der Waals surface area contributed by atoms with Gasteiger partial charge in [-0.15, -0.1) is 0 Å². The van der Waals surface area contributed by atoms with Gasteiger partial charge in [-0.05, 0) is 45.9 Å². The fraction of sp³-hybridized carbons (Fsp3) is 0. The first-order valence-electron chi connectivity index (χ1n) is 9.31. The molecule has 0 spiro atoms. The summed E-state index contributed by atoms with van der Waals surface area (Å²) < 4.78 is 0. The molecule has 2 aromatic heterocycles. The third-order valence-corrected chi connectivity index (χ3v) is 6.92. The smallest absolute Gasteiger partial charge is 0.0972 e. The number of hydrogen-bond acceptors (Lipinski definition) is 3. The van der Waals surface area contributed by atoms with Crippen molar-refractivity contribution in [1.29, 1.82) is 0 Å². The predicted molar refractivity (Wildman–Crippen MR) is 118 cm³/mol. The van der Waals surface area contributed by atoms with E-state index in [-0.39, 0.29) is 9.12 Å². The van der Waals surface area contributed by atoms with Gasteiger partial charge in [0, 0.05) is 14.7 Å². The van der Waals surface area contributed by atoms with Crippen LogP contribution in [0.5, 0.6) is 0 Å². The number of rotatable bonds is 1. The fourth-order valence-electron chi connectivity index (χ4n) is 3.89. The van der Waals surface area contributed by atoms with Crippen LogP contribution in [0.1, 0.15) is 0 Å². The molecular weight excluding hydrogens is 358 g/mol. The van der Waals surface area contributed by atoms with E-state index < -0.39 is 0 Å². The molecular formula is C24H15N3Si. The quantitative estimate of drug-likeness (QED) is 0.293. The van der Waals surface area contributed by atoms with E-state index in [1.54, 1.807) is 0 Å². The van der Waals surface area contributed by atoms with E-state index in [9.17, 15) is 0 Å². The van der Waals surface area contributed by atoms with Crippen LogP contribution in [-0.4, -0.2) is 24.1 Å². The molecule has 130 valence electrons. The lowest BCUT2D eigenvalue weighted by atomic mass is 10.0. The van der Waals surface area contributed by atoms with Crippen LogP contribution in [0.15, 0.2) is 84.9 Å². The molecule has 3 nitrogen and oxygen atoms in total. The molecule has 6 aromatic rings. The summed E-state index contributed by atoms with van der Waals surface area (Å²) in [4.78, 5) is 17.4. The number of hydrogen-bond donors (Lipinski definition) is 0. The van der Waals surface area contributed by atoms with Crippen molar-refractivity contribution in [3.63, 3.8) is 0 Å². The maximum Gasteiger partial charge on any atom is 0.0972 e. The predicted octanol–water partition coefficient (Wildman–Crippen LogP) is 5.22. The first kappa shape index (κ1) is 15.5. The Labute approximate surface area is 163 Å². The average Bonchev–Trinajstić information content (AvgIpc) is 2.75. The van der Waals surface area contributed by atoms with Gasteiger partial charge in [0.1, 0.15) is 0 Å². The Kier molecular flexibility index (Phi) is 3.33. The maximum atomic E-state index is 4.96. The second-order valence-electron chi connectivity index (χ2n) is 6.94. The van der Waals surface area contributed by atoms with Crippen LogP contribution >= 0.6 is 0 Å². The minimum atomic E-state index is -0.0191. The highest BCUT2D eigenvalue weighted by atomic mass is 28.2. The summed E-state index contributed by atoms with van der Waals surface area (Å²) in [6.07, 6.45) is 0. The van der Waals surface area contributed by atoms with Crippen molar-refractivity contribution in [1.82, 2.24) is 15.0 Å². The summed E-state index contributed by atoms with van der Waals surface area (Å²) >= 11 is 0. The van der Waals surface area contributed by atoms with E-state index >= 15 is 0 Å². The van der Waals surface area contributed by atoms with E-state index in [2.05, 4.69) is 54.6 Å². The van der Waals surface area contributed by atoms with Crippen LogP contribution in [0.3, 0.4) is 0 Å². The molecule has 28 heavy (non-hydrogen) atoms. The molecule has 0 N–H and O–H groups in total. The van der Waals surface area contributed by atoms with E-state index in [1.165, 1.54) is 15.6 Å². The van der Waals surface area contributed by atoms with Crippen LogP contribution in [0.2, 0.25) is 0 Å². The maximum absolute atomic E-state index is 4.96. The minimum absolute atomic E-state index is 0.0191. The van der Waals surface area contributed by atoms with Crippen molar-refractivity contribution >= 4 is 52.2 Å². The van der Waals surface area contributed by atoms with Gasteiger partial charge in [0.15, 0.2) is 0 Å². The average molecular weight is 373 g/mol. The normalized spacial score (nSPS) is 11.6. The molecule has 0 bridgehead atoms. The molecule has 4 aromatic carbocycles. The highest BCUT2D eigenvalue weighted by Crippen LogP contribution is 2.32. The number of nitrogens with zero attached hydrogens (tertiary/aromatic N) is 3. The molecule has 0 unspecified atom stereocenters. The monoisotopic (exact) mass is 373 g/mol. The van der Waals surface area contributed by atoms with Crippen molar-refractivity contribution in [2.24, 2.45) is 0 Å². The lowest BCUT2D eigenvalue weighted by Crippen LogP contribution is -1.94. The summed E-state index contributed by atoms with van der Waals surface area (Å²) in [5, 5.41) is 0. The largest absolute Gasteiger partial charge is 0.249 e. The van der Waals surface area contributed by atoms with E-state index in [4.69, 9.17) is 15.0 Å². The molecule has 0 aliphatic heterocycles. The van der Waals surface area contributed by atoms with Crippen molar-refractivity contribution in [2.45, 2.75) is 0 Å². The van der Waals surface area contributed by atoms with Gasteiger partial charge in [-0.25, -0.2) is 15.0 Å². The second-order valence-corrected chi connectivity index (χ2v) is 8.43. The van der Waals surface area contributed by atoms with Crippen LogP contribution in [0.4, 0.5) is 0 Å². The third kappa shape index (κ3) is 2.35. The first-order chi connectivity index (χ1) is 13.9. The van der Waals surface area contributed by atoms with Gasteiger partial charge in [-0.2, -0.15) is 0 Å². The number of para-hydroxylation sites is 4. The highest BCUT2D eigenvalue weighted by Gasteiger charge is 2.12. The van der Waals surface area contributed by atoms with E-state index in [0.717, 1.165) is 38.7 Å². The Morgan fingerprint density at radius 3 is 1.93 bits per heavy atom. The van der Waals surface area contributed by atoms with Crippen molar-refractivity contribution in [3.05, 3.63) is 84.9 Å². The summed E-state index contributed by atoms with van der Waals surface area (Å²) in [5.74, 6) is 0. The summed E-state index contributed by atoms with van der Waals surface area (Å²) in [5.41, 5.74) is 8.27. The summed E-state index contributed by atoms with van der Waals surface area (Å²) in [7, 11) is -0.0191. The zero-order valence-corrected chi connectivity index (χ0v) is 16.2. The Bertz CT molecular complexity index is 1410. The molecule has 0 atom stereocenters. The van der Waals surface area contributed by atoms with Gasteiger partial charge >= 0.3 is 0 Å². The number of benzene rings is 4. The minimum Gasteiger partial charge on any atom is -0.249 e. The Morgan fingerprint density at radius 1 is 0.464 bits per heavy atom. The molecule has 2 heterocycles. The van der Waals surface area contributed by atoms with Crippen molar-refractivity contribution in [3.8, 4) is 11.1 Å². The molecule has 0 aliphatic rings. The van der Waals surface area contributed by atoms with Crippen LogP contribution in [0, 0.1) is 0 Å². The molecule has 4 heteroatoms. The van der Waals surface area contributed by atoms with Crippen LogP contribution in [-0.2, 0) is 0 Å². The lowest BCUT2D eigenvalue weighted by Gasteiger charge is -2.11. The van der Waals surface area contributed by atoms with Crippen LogP contribution in [0.25, 0.3) is 54.2 Å². The van der Waals surface area contributed by atoms with Gasteiger partial charge in [0.2, 0.25) is 0 Å². The fourth-order valence-corrected chi connectivity index (χ4v) is 5.44. The molecule has 0 saturated carbocycles. The zero-order valence-electron chi connectivity index (χ0n) is 15.0. The Hall–Kier alpha value is -3.50. The van der Waals surface area contributed by atoms with Gasteiger partial charge < -0.3 is 0 Å². The SMILES string of the molecule is c1ccc2nc3c(-c4cccc5nc6ccccc6[siH]c45)cccc3nc2c1. The standard InChI is InChI=1S/C24H15N3Si/c1-2-10-18-17(9-1)25-20-12-5-7-15(23(20)27-18)16-8-6-13-21-24(16)28-22-14-4-3-11-19(22)26-21/h1-14,28H. The molecule has 0 amide bonds. The van der Waals surface area contributed by atoms with E-state index in [0.29, 0.717) is 0 Å². The molecule has 6 rings (SSSR count). The van der Waals surface area contributed by atoms with Gasteiger partial charge in [0.05, 0.1) is 33.1 Å². The zero-order chi connectivity index (χ0) is 18.5. The summed E-state index contributed by atoms with van der Waals surface area (Å²) in [6.45, 7) is 0. The Morgan fingerprint density at radius 2 is 1.07 bits per heavy atom. The lowest BCUT2D eigenvalue weighted by molar-refractivity contribution is 1.39. The highest BCUT2D eigenvalue weighted by molar-refractivity contribution is 6.60. The number of fused-ring (bicyclic) bond motifs is 4. The Balaban J connectivity index is 1.72. The van der Waals surface area contributed by atoms with Crippen molar-refractivity contribution < 1.29 is 0 Å². The van der Waals surface area contributed by atoms with E-state index in [1.807, 2.05) is 30.3 Å². The van der Waals surface area contributed by atoms with Crippen LogP contribution < -0.4 is 0 Å². The molecule has 0 saturated heterocycles. The van der Waals surface area contributed by atoms with Gasteiger partial charge in [-0.1, -0.05) is 54.6 Å². The third-order valence-electron chi connectivity index (χ3n) is 5.22. The molecule has 0 radical (unpaired) electrons. The van der Waals surface area contributed by atoms with Crippen molar-refractivity contribution in [2.75, 3.05) is 0 Å². The molecule has 0 aliphatic carbocycles. The number of aromatic nitrogens is 3. The topological polar surface area (TPSA) is 38.7 Å². The molecule has 0 fully saturated rings. The summed E-state index contributed by atoms with van der Waals surface area (Å²) in [6, 6.07) is 29.2. The van der Waals surface area contributed by atoms with Gasteiger partial charge in [0.25, 0.3) is 0 Å². The second kappa shape index (κ2) is 6.01.